The Morgan fingerprint density at radius 2 is 1.78 bits per heavy atom. The van der Waals surface area contributed by atoms with E-state index in [2.05, 4.69) is 10.4 Å². The Kier molecular flexibility index (Phi) is 5.48. The molecule has 4 aromatic rings. The van der Waals surface area contributed by atoms with Gasteiger partial charge in [0.05, 0.1) is 12.1 Å². The van der Waals surface area contributed by atoms with Gasteiger partial charge in [0.2, 0.25) is 5.91 Å². The summed E-state index contributed by atoms with van der Waals surface area (Å²) in [6.45, 7) is 3.49. The molecule has 2 heterocycles. The lowest BCUT2D eigenvalue weighted by molar-refractivity contribution is -0.116. The number of anilines is 1. The summed E-state index contributed by atoms with van der Waals surface area (Å²) < 4.78 is 16.9. The van der Waals surface area contributed by atoms with Crippen molar-refractivity contribution in [3.05, 3.63) is 92.0 Å². The summed E-state index contributed by atoms with van der Waals surface area (Å²) in [6, 6.07) is 11.2. The van der Waals surface area contributed by atoms with Crippen molar-refractivity contribution >= 4 is 22.6 Å². The molecule has 0 unspecified atom stereocenters. The van der Waals surface area contributed by atoms with Crippen LogP contribution in [0.5, 0.6) is 0 Å². The predicted octanol–water partition coefficient (Wildman–Crippen LogP) is 2.34. The molecule has 0 spiro atoms. The van der Waals surface area contributed by atoms with Crippen LogP contribution in [0.25, 0.3) is 11.0 Å². The molecule has 4 rings (SSSR count). The summed E-state index contributed by atoms with van der Waals surface area (Å²) >= 11 is 0. The van der Waals surface area contributed by atoms with E-state index in [1.165, 1.54) is 39.7 Å². The van der Waals surface area contributed by atoms with Gasteiger partial charge in [0.15, 0.2) is 5.52 Å². The van der Waals surface area contributed by atoms with E-state index in [9.17, 15) is 18.8 Å². The molecule has 0 aliphatic rings. The van der Waals surface area contributed by atoms with Crippen molar-refractivity contribution in [2.45, 2.75) is 26.9 Å². The second-order valence-electron chi connectivity index (χ2n) is 7.79. The highest BCUT2D eigenvalue weighted by Crippen LogP contribution is 2.16. The van der Waals surface area contributed by atoms with Crippen LogP contribution in [0.2, 0.25) is 0 Å². The van der Waals surface area contributed by atoms with E-state index in [-0.39, 0.29) is 24.1 Å². The van der Waals surface area contributed by atoms with Gasteiger partial charge in [-0.05, 0) is 43.2 Å². The molecule has 9 heteroatoms. The van der Waals surface area contributed by atoms with E-state index in [1.807, 2.05) is 26.0 Å². The zero-order valence-corrected chi connectivity index (χ0v) is 17.9. The van der Waals surface area contributed by atoms with Crippen LogP contribution in [0.3, 0.4) is 0 Å². The molecule has 8 nitrogen and oxygen atoms in total. The number of carbonyl (C=O) groups excluding carboxylic acids is 1. The molecular weight excluding hydrogens is 413 g/mol. The first-order valence-electron chi connectivity index (χ1n) is 10.0. The second kappa shape index (κ2) is 8.26. The standard InChI is InChI=1S/C23H22FN5O3/c1-14-4-9-18(15(2)10-14)25-20(30)13-28-19-12-27(3)26-21(19)22(31)29(23(28)32)11-16-5-7-17(24)8-6-16/h4-10,12H,11,13H2,1-3H3,(H,25,30). The summed E-state index contributed by atoms with van der Waals surface area (Å²) in [6.07, 6.45) is 1.53. The van der Waals surface area contributed by atoms with Crippen LogP contribution >= 0.6 is 0 Å². The molecule has 0 aliphatic carbocycles. The Balaban J connectivity index is 1.74. The topological polar surface area (TPSA) is 90.9 Å². The maximum absolute atomic E-state index is 13.2. The van der Waals surface area contributed by atoms with Crippen LogP contribution in [-0.2, 0) is 24.9 Å². The van der Waals surface area contributed by atoms with Crippen molar-refractivity contribution in [3.63, 3.8) is 0 Å². The number of carbonyl (C=O) groups is 1. The number of aryl methyl sites for hydroxylation is 3. The fourth-order valence-corrected chi connectivity index (χ4v) is 3.64. The van der Waals surface area contributed by atoms with E-state index in [4.69, 9.17) is 0 Å². The van der Waals surface area contributed by atoms with Crippen molar-refractivity contribution < 1.29 is 9.18 Å². The molecule has 1 N–H and O–H groups in total. The third-order valence-corrected chi connectivity index (χ3v) is 5.22. The van der Waals surface area contributed by atoms with Gasteiger partial charge in [-0.25, -0.2) is 9.18 Å². The first kappa shape index (κ1) is 21.2. The first-order chi connectivity index (χ1) is 15.2. The number of amides is 1. The zero-order valence-electron chi connectivity index (χ0n) is 17.9. The van der Waals surface area contributed by atoms with Crippen LogP contribution in [0, 0.1) is 19.7 Å². The number of rotatable bonds is 5. The van der Waals surface area contributed by atoms with Gasteiger partial charge in [-0.2, -0.15) is 5.10 Å². The van der Waals surface area contributed by atoms with Crippen LogP contribution in [0.15, 0.2) is 58.3 Å². The summed E-state index contributed by atoms with van der Waals surface area (Å²) in [5.41, 5.74) is 2.33. The average Bonchev–Trinajstić information content (AvgIpc) is 3.14. The number of fused-ring (bicyclic) bond motifs is 1. The molecule has 0 atom stereocenters. The van der Waals surface area contributed by atoms with E-state index in [1.54, 1.807) is 13.1 Å². The minimum absolute atomic E-state index is 0.0663. The number of hydrogen-bond acceptors (Lipinski definition) is 4. The monoisotopic (exact) mass is 435 g/mol. The van der Waals surface area contributed by atoms with Crippen LogP contribution < -0.4 is 16.6 Å². The highest BCUT2D eigenvalue weighted by atomic mass is 19.1. The van der Waals surface area contributed by atoms with Crippen LogP contribution in [-0.4, -0.2) is 24.8 Å². The zero-order chi connectivity index (χ0) is 23.0. The predicted molar refractivity (Wildman–Crippen MR) is 119 cm³/mol. The summed E-state index contributed by atoms with van der Waals surface area (Å²) in [7, 11) is 1.63. The molecule has 32 heavy (non-hydrogen) atoms. The lowest BCUT2D eigenvalue weighted by atomic mass is 10.1. The summed E-state index contributed by atoms with van der Waals surface area (Å²) in [5.74, 6) is -0.821. The number of halogens is 1. The highest BCUT2D eigenvalue weighted by molar-refractivity contribution is 5.92. The van der Waals surface area contributed by atoms with E-state index < -0.39 is 23.0 Å². The molecular formula is C23H22FN5O3. The largest absolute Gasteiger partial charge is 0.332 e. The molecule has 0 saturated heterocycles. The Morgan fingerprint density at radius 1 is 1.06 bits per heavy atom. The fourth-order valence-electron chi connectivity index (χ4n) is 3.64. The Morgan fingerprint density at radius 3 is 2.47 bits per heavy atom. The Hall–Kier alpha value is -4.01. The maximum Gasteiger partial charge on any atom is 0.332 e. The number of nitrogens with zero attached hydrogens (tertiary/aromatic N) is 4. The maximum atomic E-state index is 13.2. The van der Waals surface area contributed by atoms with Crippen molar-refractivity contribution in [2.24, 2.45) is 7.05 Å². The van der Waals surface area contributed by atoms with Gasteiger partial charge in [0.1, 0.15) is 12.4 Å². The van der Waals surface area contributed by atoms with Gasteiger partial charge in [-0.3, -0.25) is 23.4 Å². The minimum Gasteiger partial charge on any atom is -0.324 e. The van der Waals surface area contributed by atoms with Gasteiger partial charge >= 0.3 is 5.69 Å². The highest BCUT2D eigenvalue weighted by Gasteiger charge is 2.18. The molecule has 1 amide bonds. The second-order valence-corrected chi connectivity index (χ2v) is 7.79. The molecule has 0 saturated carbocycles. The molecule has 0 bridgehead atoms. The Bertz CT molecular complexity index is 1450. The van der Waals surface area contributed by atoms with Gasteiger partial charge < -0.3 is 5.32 Å². The van der Waals surface area contributed by atoms with Crippen molar-refractivity contribution in [3.8, 4) is 0 Å². The molecule has 0 radical (unpaired) electrons. The van der Waals surface area contributed by atoms with E-state index in [0.717, 1.165) is 15.7 Å². The smallest absolute Gasteiger partial charge is 0.324 e. The summed E-state index contributed by atoms with van der Waals surface area (Å²) in [4.78, 5) is 38.9. The van der Waals surface area contributed by atoms with Gasteiger partial charge in [0, 0.05) is 18.9 Å². The van der Waals surface area contributed by atoms with Gasteiger partial charge in [-0.1, -0.05) is 29.8 Å². The fraction of sp³-hybridized carbons (Fsp3) is 0.217. The SMILES string of the molecule is Cc1ccc(NC(=O)Cn2c(=O)n(Cc3ccc(F)cc3)c(=O)c3nn(C)cc32)c(C)c1. The first-order valence-corrected chi connectivity index (χ1v) is 10.0. The normalized spacial score (nSPS) is 11.1. The molecule has 2 aromatic carbocycles. The van der Waals surface area contributed by atoms with Crippen molar-refractivity contribution in [1.29, 1.82) is 0 Å². The molecule has 164 valence electrons. The Labute approximate surface area is 182 Å². The molecule has 0 fully saturated rings. The number of hydrogen-bond donors (Lipinski definition) is 1. The van der Waals surface area contributed by atoms with E-state index >= 15 is 0 Å². The van der Waals surface area contributed by atoms with Gasteiger partial charge in [0.25, 0.3) is 5.56 Å². The number of aromatic nitrogens is 4. The quantitative estimate of drug-likeness (QED) is 0.521. The van der Waals surface area contributed by atoms with Gasteiger partial charge in [-0.15, -0.1) is 0 Å². The van der Waals surface area contributed by atoms with Crippen LogP contribution in [0.4, 0.5) is 10.1 Å². The molecule has 2 aromatic heterocycles. The molecule has 0 aliphatic heterocycles. The lowest BCUT2D eigenvalue weighted by Crippen LogP contribution is -2.41. The average molecular weight is 435 g/mol. The van der Waals surface area contributed by atoms with Crippen LogP contribution in [0.1, 0.15) is 16.7 Å². The van der Waals surface area contributed by atoms with Crippen molar-refractivity contribution in [1.82, 2.24) is 18.9 Å². The third kappa shape index (κ3) is 4.09. The summed E-state index contributed by atoms with van der Waals surface area (Å²) in [5, 5.41) is 7.00. The van der Waals surface area contributed by atoms with Crippen molar-refractivity contribution in [2.75, 3.05) is 5.32 Å². The lowest BCUT2D eigenvalue weighted by Gasteiger charge is -2.13. The number of nitrogens with one attached hydrogen (secondary N) is 1. The third-order valence-electron chi connectivity index (χ3n) is 5.22. The van der Waals surface area contributed by atoms with E-state index in [0.29, 0.717) is 11.3 Å². The minimum atomic E-state index is -0.643. The number of benzene rings is 2.